The Hall–Kier alpha value is -4.21. The van der Waals surface area contributed by atoms with Crippen LogP contribution in [0.4, 0.5) is 23.2 Å². The van der Waals surface area contributed by atoms with Gasteiger partial charge >= 0.3 is 6.18 Å². The first-order chi connectivity index (χ1) is 17.7. The molecule has 1 atom stereocenters. The van der Waals surface area contributed by atoms with Crippen molar-refractivity contribution < 1.29 is 27.1 Å². The SMILES string of the molecule is COc1ccc(-c2ccc(-c3cn(C4CCc5c(F)cccc5N(CC(F)(F)F)C4=O)nn3)cc2)cc1. The molecule has 0 saturated heterocycles. The summed E-state index contributed by atoms with van der Waals surface area (Å²) in [6.45, 7) is -1.52. The minimum absolute atomic E-state index is 0.0701. The molecular formula is C27H22F4N4O2. The molecule has 3 aromatic carbocycles. The molecule has 4 aromatic rings. The zero-order valence-electron chi connectivity index (χ0n) is 19.7. The van der Waals surface area contributed by atoms with Gasteiger partial charge in [-0.25, -0.2) is 9.07 Å². The van der Waals surface area contributed by atoms with Gasteiger partial charge in [0, 0.05) is 11.1 Å². The lowest BCUT2D eigenvalue weighted by Gasteiger charge is -2.26. The van der Waals surface area contributed by atoms with Gasteiger partial charge in [-0.15, -0.1) is 5.10 Å². The van der Waals surface area contributed by atoms with Crippen LogP contribution in [0, 0.1) is 5.82 Å². The Kier molecular flexibility index (Phi) is 6.41. The predicted molar refractivity (Wildman–Crippen MR) is 130 cm³/mol. The molecule has 1 aliphatic heterocycles. The minimum atomic E-state index is -4.66. The van der Waals surface area contributed by atoms with Crippen LogP contribution < -0.4 is 9.64 Å². The van der Waals surface area contributed by atoms with Gasteiger partial charge in [0.05, 0.1) is 19.0 Å². The number of carbonyl (C=O) groups excluding carboxylic acids is 1. The maximum Gasteiger partial charge on any atom is 0.406 e. The van der Waals surface area contributed by atoms with Crippen LogP contribution in [0.5, 0.6) is 5.75 Å². The Labute approximate surface area is 210 Å². The second kappa shape index (κ2) is 9.68. The fourth-order valence-electron chi connectivity index (χ4n) is 4.52. The largest absolute Gasteiger partial charge is 0.497 e. The fourth-order valence-corrected chi connectivity index (χ4v) is 4.52. The maximum absolute atomic E-state index is 14.5. The molecule has 1 aromatic heterocycles. The fraction of sp³-hybridized carbons (Fsp3) is 0.222. The Balaban J connectivity index is 1.41. The number of rotatable bonds is 5. The van der Waals surface area contributed by atoms with Crippen molar-refractivity contribution in [3.8, 4) is 28.1 Å². The molecule has 0 N–H and O–H groups in total. The van der Waals surface area contributed by atoms with Gasteiger partial charge < -0.3 is 9.64 Å². The third-order valence-electron chi connectivity index (χ3n) is 6.37. The molecule has 37 heavy (non-hydrogen) atoms. The maximum atomic E-state index is 14.5. The number of hydrogen-bond donors (Lipinski definition) is 0. The number of carbonyl (C=O) groups is 1. The highest BCUT2D eigenvalue weighted by Crippen LogP contribution is 2.35. The van der Waals surface area contributed by atoms with E-state index in [0.717, 1.165) is 22.4 Å². The molecule has 1 unspecified atom stereocenters. The minimum Gasteiger partial charge on any atom is -0.497 e. The predicted octanol–water partition coefficient (Wildman–Crippen LogP) is 5.84. The number of aromatic nitrogens is 3. The number of benzene rings is 3. The van der Waals surface area contributed by atoms with Gasteiger partial charge in [0.15, 0.2) is 0 Å². The molecule has 1 aliphatic rings. The van der Waals surface area contributed by atoms with E-state index in [2.05, 4.69) is 10.3 Å². The molecule has 190 valence electrons. The highest BCUT2D eigenvalue weighted by Gasteiger charge is 2.40. The van der Waals surface area contributed by atoms with Crippen molar-refractivity contribution in [3.63, 3.8) is 0 Å². The van der Waals surface area contributed by atoms with E-state index in [4.69, 9.17) is 4.74 Å². The summed E-state index contributed by atoms with van der Waals surface area (Å²) < 4.78 is 61.0. The van der Waals surface area contributed by atoms with Crippen molar-refractivity contribution in [2.75, 3.05) is 18.6 Å². The van der Waals surface area contributed by atoms with Crippen molar-refractivity contribution >= 4 is 11.6 Å². The van der Waals surface area contributed by atoms with Crippen LogP contribution in [-0.2, 0) is 11.2 Å². The number of amides is 1. The Morgan fingerprint density at radius 3 is 2.27 bits per heavy atom. The molecule has 1 amide bonds. The number of nitrogens with zero attached hydrogens (tertiary/aromatic N) is 4. The molecule has 2 heterocycles. The highest BCUT2D eigenvalue weighted by molar-refractivity contribution is 5.97. The second-order valence-corrected chi connectivity index (χ2v) is 8.72. The zero-order chi connectivity index (χ0) is 26.2. The van der Waals surface area contributed by atoms with Gasteiger partial charge in [-0.2, -0.15) is 13.2 Å². The van der Waals surface area contributed by atoms with E-state index >= 15 is 0 Å². The summed E-state index contributed by atoms with van der Waals surface area (Å²) in [4.78, 5) is 13.9. The average molecular weight is 510 g/mol. The summed E-state index contributed by atoms with van der Waals surface area (Å²) in [5.41, 5.74) is 3.17. The molecule has 0 saturated carbocycles. The average Bonchev–Trinajstić information content (AvgIpc) is 3.33. The summed E-state index contributed by atoms with van der Waals surface area (Å²) in [7, 11) is 1.60. The monoisotopic (exact) mass is 510 g/mol. The van der Waals surface area contributed by atoms with Crippen LogP contribution in [-0.4, -0.2) is 40.7 Å². The number of ether oxygens (including phenoxy) is 1. The topological polar surface area (TPSA) is 60.2 Å². The smallest absolute Gasteiger partial charge is 0.406 e. The van der Waals surface area contributed by atoms with Crippen molar-refractivity contribution in [1.82, 2.24) is 15.0 Å². The van der Waals surface area contributed by atoms with Crippen LogP contribution in [0.15, 0.2) is 72.9 Å². The van der Waals surface area contributed by atoms with E-state index in [0.29, 0.717) is 10.6 Å². The van der Waals surface area contributed by atoms with Crippen LogP contribution in [0.3, 0.4) is 0 Å². The van der Waals surface area contributed by atoms with Crippen LogP contribution in [0.25, 0.3) is 22.4 Å². The van der Waals surface area contributed by atoms with Gasteiger partial charge in [0.2, 0.25) is 0 Å². The van der Waals surface area contributed by atoms with E-state index in [1.807, 2.05) is 48.5 Å². The van der Waals surface area contributed by atoms with Gasteiger partial charge in [-0.1, -0.05) is 47.7 Å². The molecule has 0 bridgehead atoms. The van der Waals surface area contributed by atoms with Gasteiger partial charge in [-0.3, -0.25) is 4.79 Å². The first kappa shape index (κ1) is 24.5. The van der Waals surface area contributed by atoms with Crippen molar-refractivity contribution in [1.29, 1.82) is 0 Å². The second-order valence-electron chi connectivity index (χ2n) is 8.72. The zero-order valence-corrected chi connectivity index (χ0v) is 19.7. The lowest BCUT2D eigenvalue weighted by molar-refractivity contribution is -0.134. The summed E-state index contributed by atoms with van der Waals surface area (Å²) in [5, 5.41) is 8.20. The number of alkyl halides is 3. The Morgan fingerprint density at radius 1 is 0.973 bits per heavy atom. The Bertz CT molecular complexity index is 1420. The van der Waals surface area contributed by atoms with Gasteiger partial charge in [0.25, 0.3) is 5.91 Å². The summed E-state index contributed by atoms with van der Waals surface area (Å²) in [6.07, 6.45) is -2.96. The lowest BCUT2D eigenvalue weighted by atomic mass is 10.0. The standard InChI is InChI=1S/C27H22F4N4O2/c1-37-20-11-9-18(10-12-20)17-5-7-19(8-6-17)23-15-35(33-32-23)25-14-13-21-22(28)3-2-4-24(21)34(26(25)36)16-27(29,30)31/h2-12,15,25H,13-14,16H2,1H3. The first-order valence-electron chi connectivity index (χ1n) is 11.6. The first-order valence-corrected chi connectivity index (χ1v) is 11.6. The molecule has 0 aliphatic carbocycles. The Morgan fingerprint density at radius 2 is 1.62 bits per heavy atom. The van der Waals surface area contributed by atoms with Crippen molar-refractivity contribution in [2.24, 2.45) is 0 Å². The van der Waals surface area contributed by atoms with Crippen LogP contribution in [0.1, 0.15) is 18.0 Å². The molecule has 0 spiro atoms. The number of halogens is 4. The highest BCUT2D eigenvalue weighted by atomic mass is 19.4. The molecule has 10 heteroatoms. The number of hydrogen-bond acceptors (Lipinski definition) is 4. The third-order valence-corrected chi connectivity index (χ3v) is 6.37. The quantitative estimate of drug-likeness (QED) is 0.317. The number of methoxy groups -OCH3 is 1. The molecule has 6 nitrogen and oxygen atoms in total. The van der Waals surface area contributed by atoms with Crippen LogP contribution >= 0.6 is 0 Å². The van der Waals surface area contributed by atoms with E-state index in [1.165, 1.54) is 29.1 Å². The lowest BCUT2D eigenvalue weighted by Crippen LogP contribution is -2.42. The summed E-state index contributed by atoms with van der Waals surface area (Å²) in [5.74, 6) is -0.702. The van der Waals surface area contributed by atoms with E-state index in [-0.39, 0.29) is 24.1 Å². The molecule has 5 rings (SSSR count). The summed E-state index contributed by atoms with van der Waals surface area (Å²) >= 11 is 0. The molecule has 0 fully saturated rings. The summed E-state index contributed by atoms with van der Waals surface area (Å²) in [6, 6.07) is 17.9. The third kappa shape index (κ3) is 5.04. The van der Waals surface area contributed by atoms with Crippen LogP contribution in [0.2, 0.25) is 0 Å². The van der Waals surface area contributed by atoms with Gasteiger partial charge in [-0.05, 0) is 48.2 Å². The van der Waals surface area contributed by atoms with Crippen molar-refractivity contribution in [3.05, 3.63) is 84.3 Å². The van der Waals surface area contributed by atoms with E-state index < -0.39 is 30.5 Å². The molecular weight excluding hydrogens is 488 g/mol. The molecule has 0 radical (unpaired) electrons. The van der Waals surface area contributed by atoms with Gasteiger partial charge in [0.1, 0.15) is 29.8 Å². The number of anilines is 1. The van der Waals surface area contributed by atoms with E-state index in [9.17, 15) is 22.4 Å². The van der Waals surface area contributed by atoms with E-state index in [1.54, 1.807) is 7.11 Å². The normalized spacial score (nSPS) is 15.9. The number of fused-ring (bicyclic) bond motifs is 1. The van der Waals surface area contributed by atoms with Crippen molar-refractivity contribution in [2.45, 2.75) is 25.1 Å².